The number of rotatable bonds is 2. The Labute approximate surface area is 286 Å². The van der Waals surface area contributed by atoms with Crippen LogP contribution in [0.5, 0.6) is 0 Å². The van der Waals surface area contributed by atoms with E-state index < -0.39 is 0 Å². The van der Waals surface area contributed by atoms with Gasteiger partial charge in [0.05, 0.1) is 0 Å². The van der Waals surface area contributed by atoms with Gasteiger partial charge in [-0.15, -0.1) is 21.9 Å². The summed E-state index contributed by atoms with van der Waals surface area (Å²) in [5, 5.41) is 4.58. The van der Waals surface area contributed by atoms with Crippen LogP contribution in [0.4, 0.5) is 0 Å². The third-order valence-corrected chi connectivity index (χ3v) is 10.2. The van der Waals surface area contributed by atoms with Gasteiger partial charge in [-0.05, 0) is 89.0 Å². The first-order valence-corrected chi connectivity index (χ1v) is 15.4. The van der Waals surface area contributed by atoms with E-state index in [4.69, 9.17) is 62.8 Å². The average molecular weight is 575 g/mol. The lowest BCUT2D eigenvalue weighted by Gasteiger charge is -2.29. The first kappa shape index (κ1) is 30.2. The largest absolute Gasteiger partial charge is 0.113 e. The zero-order valence-electron chi connectivity index (χ0n) is 26.2. The van der Waals surface area contributed by atoms with Gasteiger partial charge in [-0.2, -0.15) is 0 Å². The number of hydrogen-bond donors (Lipinski definition) is 0. The third-order valence-electron chi connectivity index (χ3n) is 10.2. The van der Waals surface area contributed by atoms with Crippen molar-refractivity contribution in [2.24, 2.45) is 0 Å². The summed E-state index contributed by atoms with van der Waals surface area (Å²) in [5.41, 5.74) is 9.60. The van der Waals surface area contributed by atoms with Crippen LogP contribution >= 0.6 is 0 Å². The van der Waals surface area contributed by atoms with Crippen molar-refractivity contribution in [3.63, 3.8) is 0 Å². The lowest BCUT2D eigenvalue weighted by Crippen LogP contribution is -2.50. The smallest absolute Gasteiger partial charge is 0.110 e. The van der Waals surface area contributed by atoms with Gasteiger partial charge >= 0.3 is 0 Å². The standard InChI is InChI=1S/C39H20B8/c1-39(2)23-10-6-5-9-21(23)22-14-13-20(16-24(22)39)26-29-27(31(40)35(44)37(46)33(29)42)25(19-12-11-17-7-3-4-8-18(17)15-19)28-30(26)34(43)38(47)36(45)32(28)41/h3-16H,1-2H3. The molecule has 8 rings (SSSR count). The molecule has 0 bridgehead atoms. The van der Waals surface area contributed by atoms with Gasteiger partial charge in [0.25, 0.3) is 0 Å². The molecule has 0 amide bonds. The fraction of sp³-hybridized carbons (Fsp3) is 0.0769. The van der Waals surface area contributed by atoms with E-state index in [-0.39, 0.29) is 27.3 Å². The molecule has 7 aromatic rings. The van der Waals surface area contributed by atoms with Crippen LogP contribution < -0.4 is 43.7 Å². The maximum atomic E-state index is 6.96. The van der Waals surface area contributed by atoms with Crippen molar-refractivity contribution in [1.82, 2.24) is 0 Å². The molecule has 8 heteroatoms. The quantitative estimate of drug-likeness (QED) is 0.215. The van der Waals surface area contributed by atoms with Gasteiger partial charge in [0.1, 0.15) is 62.8 Å². The zero-order valence-corrected chi connectivity index (χ0v) is 26.2. The molecular formula is C39H20B8. The van der Waals surface area contributed by atoms with Crippen molar-refractivity contribution in [2.75, 3.05) is 0 Å². The summed E-state index contributed by atoms with van der Waals surface area (Å²) in [4.78, 5) is 0. The molecule has 0 heterocycles. The Hall–Kier alpha value is -4.16. The van der Waals surface area contributed by atoms with Gasteiger partial charge in [-0.3, -0.25) is 0 Å². The number of benzene rings is 7. The Morgan fingerprint density at radius 2 is 0.809 bits per heavy atom. The van der Waals surface area contributed by atoms with E-state index in [0.717, 1.165) is 21.9 Å². The Morgan fingerprint density at radius 1 is 0.383 bits per heavy atom. The molecule has 16 radical (unpaired) electrons. The van der Waals surface area contributed by atoms with Gasteiger partial charge in [-0.25, -0.2) is 0 Å². The van der Waals surface area contributed by atoms with Crippen LogP contribution in [0.2, 0.25) is 0 Å². The van der Waals surface area contributed by atoms with E-state index in [0.29, 0.717) is 54.5 Å². The Balaban J connectivity index is 1.61. The minimum absolute atomic E-state index is 0.197. The highest BCUT2D eigenvalue weighted by Crippen LogP contribution is 2.50. The molecular weight excluding hydrogens is 555 g/mol. The first-order chi connectivity index (χ1) is 22.4. The molecule has 200 valence electrons. The highest BCUT2D eigenvalue weighted by molar-refractivity contribution is 6.71. The van der Waals surface area contributed by atoms with Gasteiger partial charge in [0, 0.05) is 5.41 Å². The van der Waals surface area contributed by atoms with Crippen molar-refractivity contribution < 1.29 is 0 Å². The van der Waals surface area contributed by atoms with E-state index in [2.05, 4.69) is 80.6 Å². The van der Waals surface area contributed by atoms with Gasteiger partial charge in [0.15, 0.2) is 0 Å². The molecule has 0 fully saturated rings. The maximum Gasteiger partial charge on any atom is 0.113 e. The molecule has 7 aromatic carbocycles. The Kier molecular flexibility index (Phi) is 6.69. The monoisotopic (exact) mass is 576 g/mol. The van der Waals surface area contributed by atoms with Crippen molar-refractivity contribution in [3.8, 4) is 33.4 Å². The minimum Gasteiger partial charge on any atom is -0.110 e. The molecule has 0 unspecified atom stereocenters. The van der Waals surface area contributed by atoms with Crippen LogP contribution in [0.1, 0.15) is 25.0 Å². The van der Waals surface area contributed by atoms with Crippen LogP contribution in [0, 0.1) is 0 Å². The molecule has 1 aliphatic rings. The van der Waals surface area contributed by atoms with Gasteiger partial charge in [-0.1, -0.05) is 108 Å². The van der Waals surface area contributed by atoms with E-state index in [1.165, 1.54) is 22.3 Å². The molecule has 1 aliphatic carbocycles. The second-order valence-electron chi connectivity index (χ2n) is 13.1. The lowest BCUT2D eigenvalue weighted by atomic mass is 9.59. The van der Waals surface area contributed by atoms with E-state index in [9.17, 15) is 0 Å². The van der Waals surface area contributed by atoms with Crippen LogP contribution in [-0.2, 0) is 5.41 Å². The van der Waals surface area contributed by atoms with Gasteiger partial charge < -0.3 is 0 Å². The Morgan fingerprint density at radius 3 is 1.36 bits per heavy atom. The molecule has 0 saturated heterocycles. The SMILES string of the molecule is [B]c1c([B])c([B])c2c(-c3ccc4ccccc4c3)c3c([B])c([B])c([B])c([B])c3c(-c3ccc4c(c3)C(C)(C)c3ccccc3-4)c2c1[B]. The first-order valence-electron chi connectivity index (χ1n) is 15.4. The van der Waals surface area contributed by atoms with E-state index in [1.54, 1.807) is 0 Å². The van der Waals surface area contributed by atoms with Crippen LogP contribution in [0.15, 0.2) is 84.9 Å². The predicted molar refractivity (Wildman–Crippen MR) is 210 cm³/mol. The Bertz CT molecular complexity index is 2450. The van der Waals surface area contributed by atoms with Crippen LogP contribution in [-0.4, -0.2) is 62.8 Å². The van der Waals surface area contributed by atoms with Crippen molar-refractivity contribution >= 4 is 139 Å². The summed E-state index contributed by atoms with van der Waals surface area (Å²) < 4.78 is 0. The van der Waals surface area contributed by atoms with Gasteiger partial charge in [0.2, 0.25) is 0 Å². The number of hydrogen-bond acceptors (Lipinski definition) is 0. The molecule has 0 nitrogen and oxygen atoms in total. The molecule has 0 saturated carbocycles. The fourth-order valence-electron chi connectivity index (χ4n) is 7.73. The topological polar surface area (TPSA) is 0 Å². The second-order valence-corrected chi connectivity index (χ2v) is 13.1. The fourth-order valence-corrected chi connectivity index (χ4v) is 7.73. The van der Waals surface area contributed by atoms with Crippen molar-refractivity contribution in [3.05, 3.63) is 96.1 Å². The molecule has 0 aromatic heterocycles. The highest BCUT2D eigenvalue weighted by Gasteiger charge is 2.36. The zero-order chi connectivity index (χ0) is 33.1. The van der Waals surface area contributed by atoms with Crippen LogP contribution in [0.25, 0.3) is 65.7 Å². The highest BCUT2D eigenvalue weighted by atomic mass is 14.4. The lowest BCUT2D eigenvalue weighted by molar-refractivity contribution is 0.660. The molecule has 47 heavy (non-hydrogen) atoms. The average Bonchev–Trinajstić information content (AvgIpc) is 3.32. The summed E-state index contributed by atoms with van der Waals surface area (Å²) in [6.07, 6.45) is 0. The molecule has 0 aliphatic heterocycles. The van der Waals surface area contributed by atoms with Crippen molar-refractivity contribution in [2.45, 2.75) is 19.3 Å². The summed E-state index contributed by atoms with van der Waals surface area (Å²) in [5.74, 6) is 0. The van der Waals surface area contributed by atoms with Crippen LogP contribution in [0.3, 0.4) is 0 Å². The molecule has 0 N–H and O–H groups in total. The minimum atomic E-state index is -0.263. The third kappa shape index (κ3) is 4.06. The summed E-state index contributed by atoms with van der Waals surface area (Å²) in [6.45, 7) is 4.47. The molecule has 0 atom stereocenters. The maximum absolute atomic E-state index is 6.96. The second kappa shape index (κ2) is 10.4. The van der Waals surface area contributed by atoms with Crippen molar-refractivity contribution in [1.29, 1.82) is 0 Å². The molecule has 0 spiro atoms. The summed E-state index contributed by atoms with van der Waals surface area (Å²) in [6, 6.07) is 29.2. The summed E-state index contributed by atoms with van der Waals surface area (Å²) in [7, 11) is 54.1. The predicted octanol–water partition coefficient (Wildman–Crippen LogP) is 1.14. The van der Waals surface area contributed by atoms with E-state index >= 15 is 0 Å². The number of fused-ring (bicyclic) bond motifs is 6. The summed E-state index contributed by atoms with van der Waals surface area (Å²) >= 11 is 0. The van der Waals surface area contributed by atoms with E-state index in [1.807, 2.05) is 18.2 Å². The normalized spacial score (nSPS) is 13.3.